The van der Waals surface area contributed by atoms with Crippen LogP contribution in [0.15, 0.2) is 24.5 Å². The Morgan fingerprint density at radius 1 is 0.929 bits per heavy atom. The Hall–Kier alpha value is -2.48. The molecule has 2 aromatic rings. The second kappa shape index (κ2) is 14.3. The van der Waals surface area contributed by atoms with E-state index in [0.29, 0.717) is 40.3 Å². The normalized spacial score (nSPS) is 20.1. The molecule has 0 amide bonds. The number of aromatic carboxylic acids is 1. The standard InChI is InChI=1S/C17H23NO3.C14H18N2O3.Li.H2O/c1-3-21-16(19)14-8-12(2)11-18-15(14)13-9-17(10-13)4-6-20-7-5-17;1-10-6-11(13(17)18)12(15-7-10)16-8-14(9-16)2-4-19-5-3-14;;/h8,11,13H,3-7,9-10H2,1-2H3;6-7H,2-5,8-9H2,1H3,(H,17,18);;1H2/q;;+1;/p-1. The predicted octanol–water partition coefficient (Wildman–Crippen LogP) is 1.77. The molecule has 224 valence electrons. The second-order valence-electron chi connectivity index (χ2n) is 12.0. The number of nitrogens with zero attached hydrogens (tertiary/aromatic N) is 3. The first-order valence-electron chi connectivity index (χ1n) is 14.5. The van der Waals surface area contributed by atoms with Crippen LogP contribution in [0.2, 0.25) is 0 Å². The van der Waals surface area contributed by atoms with Crippen LogP contribution in [0.3, 0.4) is 0 Å². The minimum atomic E-state index is -0.904. The smallest absolute Gasteiger partial charge is 0.870 e. The van der Waals surface area contributed by atoms with Gasteiger partial charge in [-0.05, 0) is 88.0 Å². The third-order valence-corrected chi connectivity index (χ3v) is 8.99. The molecule has 0 bridgehead atoms. The fourth-order valence-electron chi connectivity index (χ4n) is 6.67. The van der Waals surface area contributed by atoms with Gasteiger partial charge in [-0.3, -0.25) is 4.98 Å². The monoisotopic (exact) mass is 575 g/mol. The van der Waals surface area contributed by atoms with Gasteiger partial charge in [0.2, 0.25) is 0 Å². The number of pyridine rings is 2. The molecule has 1 aliphatic carbocycles. The number of anilines is 1. The van der Waals surface area contributed by atoms with Gasteiger partial charge in [0.25, 0.3) is 0 Å². The van der Waals surface area contributed by atoms with Crippen molar-refractivity contribution in [2.45, 2.75) is 65.2 Å². The zero-order valence-electron chi connectivity index (χ0n) is 25.4. The van der Waals surface area contributed by atoms with E-state index in [2.05, 4.69) is 14.9 Å². The van der Waals surface area contributed by atoms with E-state index < -0.39 is 5.97 Å². The Labute approximate surface area is 260 Å². The number of aromatic nitrogens is 2. The van der Waals surface area contributed by atoms with Crippen LogP contribution >= 0.6 is 0 Å². The zero-order chi connectivity index (χ0) is 28.3. The zero-order valence-corrected chi connectivity index (χ0v) is 25.4. The maximum atomic E-state index is 12.1. The average molecular weight is 576 g/mol. The van der Waals surface area contributed by atoms with Crippen molar-refractivity contribution in [3.05, 3.63) is 52.5 Å². The summed E-state index contributed by atoms with van der Waals surface area (Å²) in [5.41, 5.74) is 4.52. The fraction of sp³-hybridized carbons (Fsp3) is 0.613. The third kappa shape index (κ3) is 7.35. The van der Waals surface area contributed by atoms with Crippen LogP contribution in [0.25, 0.3) is 0 Å². The molecule has 2 spiro atoms. The topological polar surface area (TPSA) is 141 Å². The summed E-state index contributed by atoms with van der Waals surface area (Å²) < 4.78 is 16.0. The Morgan fingerprint density at radius 2 is 1.45 bits per heavy atom. The minimum absolute atomic E-state index is 0. The van der Waals surface area contributed by atoms with Gasteiger partial charge in [0.1, 0.15) is 11.4 Å². The van der Waals surface area contributed by atoms with E-state index in [9.17, 15) is 14.7 Å². The SMILES string of the molecule is CCOC(=O)c1cc(C)cnc1C1CC2(CCOCC2)C1.Cc1cnc(N2CC3(CCOCC3)C2)c(C(=O)O)c1.[Li+].[OH-]. The molecule has 0 atom stereocenters. The number of carbonyl (C=O) groups excluding carboxylic acids is 1. The number of esters is 1. The summed E-state index contributed by atoms with van der Waals surface area (Å²) in [5, 5.41) is 9.27. The fourth-order valence-corrected chi connectivity index (χ4v) is 6.67. The summed E-state index contributed by atoms with van der Waals surface area (Å²) in [7, 11) is 0. The van der Waals surface area contributed by atoms with Crippen molar-refractivity contribution in [2.75, 3.05) is 51.0 Å². The molecule has 5 heterocycles. The average Bonchev–Trinajstić information content (AvgIpc) is 2.92. The minimum Gasteiger partial charge on any atom is -0.870 e. The van der Waals surface area contributed by atoms with Crippen molar-refractivity contribution < 1.29 is 53.2 Å². The van der Waals surface area contributed by atoms with Gasteiger partial charge in [0.05, 0.1) is 17.9 Å². The molecule has 6 rings (SSSR count). The van der Waals surface area contributed by atoms with Crippen LogP contribution in [0.4, 0.5) is 5.82 Å². The summed E-state index contributed by atoms with van der Waals surface area (Å²) in [6.45, 7) is 11.2. The predicted molar refractivity (Wildman–Crippen MR) is 152 cm³/mol. The number of aryl methyl sites for hydroxylation is 2. The summed E-state index contributed by atoms with van der Waals surface area (Å²) >= 11 is 0. The molecule has 1 saturated carbocycles. The molecule has 0 aromatic carbocycles. The summed E-state index contributed by atoms with van der Waals surface area (Å²) in [6.07, 6.45) is 10.3. The third-order valence-electron chi connectivity index (χ3n) is 8.99. The van der Waals surface area contributed by atoms with Crippen molar-refractivity contribution in [2.24, 2.45) is 10.8 Å². The van der Waals surface area contributed by atoms with Crippen LogP contribution in [0.1, 0.15) is 88.9 Å². The van der Waals surface area contributed by atoms with Gasteiger partial charge in [0.15, 0.2) is 0 Å². The van der Waals surface area contributed by atoms with Gasteiger partial charge < -0.3 is 29.7 Å². The van der Waals surface area contributed by atoms with E-state index in [1.165, 1.54) is 0 Å². The first kappa shape index (κ1) is 34.0. The van der Waals surface area contributed by atoms with Crippen molar-refractivity contribution in [3.8, 4) is 0 Å². The first-order valence-corrected chi connectivity index (χ1v) is 14.5. The summed E-state index contributed by atoms with van der Waals surface area (Å²) in [5.74, 6) is -0.144. The molecule has 2 N–H and O–H groups in total. The molecule has 3 aliphatic heterocycles. The molecule has 0 radical (unpaired) electrons. The Morgan fingerprint density at radius 3 is 2.00 bits per heavy atom. The number of hydrogen-bond donors (Lipinski definition) is 1. The van der Waals surface area contributed by atoms with E-state index in [1.807, 2.05) is 33.0 Å². The van der Waals surface area contributed by atoms with Gasteiger partial charge in [-0.15, -0.1) is 0 Å². The van der Waals surface area contributed by atoms with E-state index >= 15 is 0 Å². The van der Waals surface area contributed by atoms with Gasteiger partial charge >= 0.3 is 30.8 Å². The van der Waals surface area contributed by atoms with Gasteiger partial charge in [-0.2, -0.15) is 0 Å². The molecule has 4 fully saturated rings. The number of carbonyl (C=O) groups is 2. The summed E-state index contributed by atoms with van der Waals surface area (Å²) in [6, 6.07) is 3.61. The van der Waals surface area contributed by atoms with Crippen molar-refractivity contribution in [1.82, 2.24) is 9.97 Å². The van der Waals surface area contributed by atoms with E-state index in [-0.39, 0.29) is 30.3 Å². The molecule has 4 aliphatic rings. The van der Waals surface area contributed by atoms with Crippen LogP contribution in [-0.4, -0.2) is 78.6 Å². The van der Waals surface area contributed by atoms with Gasteiger partial charge in [0, 0.05) is 63.2 Å². The molecule has 42 heavy (non-hydrogen) atoms. The summed E-state index contributed by atoms with van der Waals surface area (Å²) in [4.78, 5) is 34.4. The molecule has 2 aromatic heterocycles. The number of carboxylic acids is 1. The van der Waals surface area contributed by atoms with Crippen LogP contribution < -0.4 is 23.8 Å². The van der Waals surface area contributed by atoms with Gasteiger partial charge in [-0.1, -0.05) is 0 Å². The molecule has 11 heteroatoms. The number of hydrogen-bond acceptors (Lipinski definition) is 9. The van der Waals surface area contributed by atoms with Crippen molar-refractivity contribution >= 4 is 17.8 Å². The van der Waals surface area contributed by atoms with E-state index in [4.69, 9.17) is 14.2 Å². The maximum absolute atomic E-state index is 12.1. The molecular weight excluding hydrogens is 533 g/mol. The Balaban J connectivity index is 0.000000221. The van der Waals surface area contributed by atoms with Crippen LogP contribution in [-0.2, 0) is 14.2 Å². The number of ether oxygens (including phenoxy) is 3. The van der Waals surface area contributed by atoms with Gasteiger partial charge in [-0.25, -0.2) is 14.6 Å². The van der Waals surface area contributed by atoms with Crippen molar-refractivity contribution in [3.63, 3.8) is 0 Å². The molecule has 3 saturated heterocycles. The molecule has 10 nitrogen and oxygen atoms in total. The maximum Gasteiger partial charge on any atom is 1.00 e. The van der Waals surface area contributed by atoms with E-state index in [0.717, 1.165) is 94.9 Å². The first-order chi connectivity index (χ1) is 19.2. The number of rotatable bonds is 5. The van der Waals surface area contributed by atoms with Crippen molar-refractivity contribution in [1.29, 1.82) is 0 Å². The second-order valence-corrected chi connectivity index (χ2v) is 12.0. The van der Waals surface area contributed by atoms with Crippen LogP contribution in [0.5, 0.6) is 0 Å². The number of carboxylic acid groups (broad SMARTS) is 1. The molecular formula is C31H42LiN3O7. The van der Waals surface area contributed by atoms with Crippen LogP contribution in [0, 0.1) is 24.7 Å². The Kier molecular flexibility index (Phi) is 11.6. The Bertz CT molecular complexity index is 1230. The largest absolute Gasteiger partial charge is 1.00 e. The van der Waals surface area contributed by atoms with E-state index in [1.54, 1.807) is 12.3 Å². The quantitative estimate of drug-likeness (QED) is 0.414. The molecule has 0 unspecified atom stereocenters.